The van der Waals surface area contributed by atoms with Crippen LogP contribution in [-0.2, 0) is 6.54 Å². The summed E-state index contributed by atoms with van der Waals surface area (Å²) in [5.74, 6) is -0.106. The van der Waals surface area contributed by atoms with Crippen LogP contribution in [-0.4, -0.2) is 63.5 Å². The van der Waals surface area contributed by atoms with Gasteiger partial charge in [0.1, 0.15) is 33.6 Å². The molecule has 4 aromatic rings. The number of ether oxygens (including phenoxy) is 1. The van der Waals surface area contributed by atoms with E-state index in [1.165, 1.54) is 11.3 Å². The monoisotopic (exact) mass is 524 g/mol. The average molecular weight is 525 g/mol. The van der Waals surface area contributed by atoms with E-state index in [1.54, 1.807) is 6.33 Å². The van der Waals surface area contributed by atoms with Crippen molar-refractivity contribution in [1.29, 1.82) is 0 Å². The van der Waals surface area contributed by atoms with Gasteiger partial charge in [0.25, 0.3) is 5.91 Å². The molecule has 0 spiro atoms. The molecule has 1 aliphatic heterocycles. The molecular formula is C26H29ClN6O2S. The van der Waals surface area contributed by atoms with Crippen molar-refractivity contribution in [2.75, 3.05) is 33.2 Å². The number of halogens is 1. The predicted molar refractivity (Wildman–Crippen MR) is 143 cm³/mol. The zero-order valence-corrected chi connectivity index (χ0v) is 21.9. The molecule has 1 atom stereocenters. The Kier molecular flexibility index (Phi) is 7.25. The highest BCUT2D eigenvalue weighted by atomic mass is 35.5. The Hall–Kier alpha value is -2.98. The lowest BCUT2D eigenvalue weighted by Gasteiger charge is -2.19. The maximum absolute atomic E-state index is 12.3. The zero-order chi connectivity index (χ0) is 25.2. The number of amides is 1. The van der Waals surface area contributed by atoms with Crippen LogP contribution < -0.4 is 10.5 Å². The molecule has 0 bridgehead atoms. The lowest BCUT2D eigenvalue weighted by Crippen LogP contribution is -2.28. The fourth-order valence-electron chi connectivity index (χ4n) is 4.50. The van der Waals surface area contributed by atoms with Crippen molar-refractivity contribution >= 4 is 39.9 Å². The minimum absolute atomic E-state index is 0.355. The number of carbonyl (C=O) groups is 1. The first-order chi connectivity index (χ1) is 17.4. The van der Waals surface area contributed by atoms with Crippen LogP contribution in [0.3, 0.4) is 0 Å². The molecule has 0 unspecified atom stereocenters. The molecule has 36 heavy (non-hydrogen) atoms. The first kappa shape index (κ1) is 24.7. The minimum atomic E-state index is -0.537. The topological polar surface area (TPSA) is 89.5 Å². The number of rotatable bonds is 7. The molecule has 0 aliphatic carbocycles. The van der Waals surface area contributed by atoms with Gasteiger partial charge in [-0.05, 0) is 45.6 Å². The second-order valence-electron chi connectivity index (χ2n) is 9.14. The number of thiophene rings is 1. The average Bonchev–Trinajstić information content (AvgIpc) is 3.40. The van der Waals surface area contributed by atoms with E-state index in [4.69, 9.17) is 22.1 Å². The van der Waals surface area contributed by atoms with Crippen molar-refractivity contribution < 1.29 is 9.53 Å². The molecule has 1 amide bonds. The van der Waals surface area contributed by atoms with E-state index in [0.29, 0.717) is 15.6 Å². The van der Waals surface area contributed by atoms with Crippen molar-refractivity contribution in [3.63, 3.8) is 0 Å². The summed E-state index contributed by atoms with van der Waals surface area (Å²) in [5, 5.41) is 1.40. The van der Waals surface area contributed by atoms with E-state index in [1.807, 2.05) is 48.0 Å². The second kappa shape index (κ2) is 10.6. The Morgan fingerprint density at radius 2 is 2.03 bits per heavy atom. The number of likely N-dealkylation sites (N-methyl/N-ethyl adjacent to an activating group) is 1. The molecule has 1 fully saturated rings. The zero-order valence-electron chi connectivity index (χ0n) is 20.4. The van der Waals surface area contributed by atoms with Gasteiger partial charge in [0.05, 0.1) is 17.4 Å². The second-order valence-corrected chi connectivity index (χ2v) is 10.6. The molecular weight excluding hydrogens is 496 g/mol. The summed E-state index contributed by atoms with van der Waals surface area (Å²) in [6, 6.07) is 11.4. The van der Waals surface area contributed by atoms with Gasteiger partial charge in [0, 0.05) is 36.3 Å². The van der Waals surface area contributed by atoms with Crippen LogP contribution in [0.4, 0.5) is 0 Å². The fraction of sp³-hybridized carbons (Fsp3) is 0.346. The molecule has 10 heteroatoms. The van der Waals surface area contributed by atoms with E-state index >= 15 is 0 Å². The molecule has 5 rings (SSSR count). The third-order valence-electron chi connectivity index (χ3n) is 6.48. The molecule has 4 heterocycles. The Bertz CT molecular complexity index is 1390. The SMILES string of the molecule is C[C@@H](Oc1cc(-n2cnc3cnc(CN4CCCN(C)CC4)cc32)sc1C(N)=O)c1ccccc1Cl. The number of nitrogens with two attached hydrogens (primary N) is 1. The van der Waals surface area contributed by atoms with Gasteiger partial charge in [-0.25, -0.2) is 4.98 Å². The quantitative estimate of drug-likeness (QED) is 0.382. The number of fused-ring (bicyclic) bond motifs is 1. The van der Waals surface area contributed by atoms with Gasteiger partial charge in [0.15, 0.2) is 0 Å². The fourth-order valence-corrected chi connectivity index (χ4v) is 5.72. The minimum Gasteiger partial charge on any atom is -0.484 e. The summed E-state index contributed by atoms with van der Waals surface area (Å²) >= 11 is 7.63. The molecule has 1 saturated heterocycles. The Morgan fingerprint density at radius 3 is 2.83 bits per heavy atom. The third-order valence-corrected chi connectivity index (χ3v) is 7.96. The summed E-state index contributed by atoms with van der Waals surface area (Å²) in [4.78, 5) is 26.6. The smallest absolute Gasteiger partial charge is 0.262 e. The van der Waals surface area contributed by atoms with Crippen LogP contribution in [0.15, 0.2) is 48.9 Å². The van der Waals surface area contributed by atoms with Gasteiger partial charge in [-0.1, -0.05) is 29.8 Å². The van der Waals surface area contributed by atoms with Crippen molar-refractivity contribution in [3.05, 3.63) is 70.1 Å². The molecule has 0 radical (unpaired) electrons. The number of primary amides is 1. The van der Waals surface area contributed by atoms with Gasteiger partial charge < -0.3 is 15.4 Å². The number of hydrogen-bond donors (Lipinski definition) is 1. The summed E-state index contributed by atoms with van der Waals surface area (Å²) < 4.78 is 8.14. The number of hydrogen-bond acceptors (Lipinski definition) is 7. The molecule has 8 nitrogen and oxygen atoms in total. The normalized spacial score (nSPS) is 16.2. The molecule has 2 N–H and O–H groups in total. The summed E-state index contributed by atoms with van der Waals surface area (Å²) in [5.41, 5.74) is 9.25. The van der Waals surface area contributed by atoms with Crippen molar-refractivity contribution in [2.24, 2.45) is 5.73 Å². The predicted octanol–water partition coefficient (Wildman–Crippen LogP) is 4.51. The van der Waals surface area contributed by atoms with Crippen LogP contribution in [0.1, 0.15) is 40.4 Å². The largest absolute Gasteiger partial charge is 0.484 e. The van der Waals surface area contributed by atoms with Crippen molar-refractivity contribution in [3.8, 4) is 10.8 Å². The Balaban J connectivity index is 1.43. The van der Waals surface area contributed by atoms with Crippen LogP contribution in [0, 0.1) is 0 Å². The molecule has 0 saturated carbocycles. The lowest BCUT2D eigenvalue weighted by molar-refractivity contribution is 0.0998. The number of pyridine rings is 1. The van der Waals surface area contributed by atoms with Gasteiger partial charge >= 0.3 is 0 Å². The highest BCUT2D eigenvalue weighted by Crippen LogP contribution is 2.37. The first-order valence-corrected chi connectivity index (χ1v) is 13.2. The maximum Gasteiger partial charge on any atom is 0.262 e. The number of carbonyl (C=O) groups excluding carboxylic acids is 1. The van der Waals surface area contributed by atoms with E-state index in [2.05, 4.69) is 32.9 Å². The van der Waals surface area contributed by atoms with Gasteiger partial charge in [0.2, 0.25) is 0 Å². The molecule has 1 aliphatic rings. The van der Waals surface area contributed by atoms with Gasteiger partial charge in [-0.3, -0.25) is 19.2 Å². The number of imidazole rings is 1. The van der Waals surface area contributed by atoms with E-state index < -0.39 is 5.91 Å². The summed E-state index contributed by atoms with van der Waals surface area (Å²) in [6.07, 6.45) is 4.35. The maximum atomic E-state index is 12.3. The Labute approximate surface area is 219 Å². The molecule has 188 valence electrons. The van der Waals surface area contributed by atoms with Crippen LogP contribution in [0.5, 0.6) is 5.75 Å². The van der Waals surface area contributed by atoms with E-state index in [-0.39, 0.29) is 6.10 Å². The van der Waals surface area contributed by atoms with Gasteiger partial charge in [-0.2, -0.15) is 0 Å². The standard InChI is InChI=1S/C26H29ClN6O2S/c1-17(19-6-3-4-7-20(19)27)35-23-13-24(36-25(23)26(28)34)33-16-30-21-14-29-18(12-22(21)33)15-32-9-5-8-31(2)10-11-32/h3-4,6-7,12-14,16-17H,5,8-11,15H2,1-2H3,(H2,28,34)/t17-/m1/s1. The number of benzene rings is 1. The highest BCUT2D eigenvalue weighted by molar-refractivity contribution is 7.16. The van der Waals surface area contributed by atoms with Gasteiger partial charge in [-0.15, -0.1) is 11.3 Å². The summed E-state index contributed by atoms with van der Waals surface area (Å²) in [7, 11) is 2.17. The van der Waals surface area contributed by atoms with Crippen LogP contribution in [0.2, 0.25) is 5.02 Å². The van der Waals surface area contributed by atoms with Crippen molar-refractivity contribution in [2.45, 2.75) is 26.0 Å². The van der Waals surface area contributed by atoms with Crippen LogP contribution >= 0.6 is 22.9 Å². The van der Waals surface area contributed by atoms with E-state index in [0.717, 1.165) is 66.4 Å². The highest BCUT2D eigenvalue weighted by Gasteiger charge is 2.21. The third kappa shape index (κ3) is 5.24. The number of aromatic nitrogens is 3. The van der Waals surface area contributed by atoms with Crippen LogP contribution in [0.25, 0.3) is 16.0 Å². The van der Waals surface area contributed by atoms with E-state index in [9.17, 15) is 4.79 Å². The Morgan fingerprint density at radius 1 is 1.19 bits per heavy atom. The van der Waals surface area contributed by atoms with Crippen molar-refractivity contribution in [1.82, 2.24) is 24.3 Å². The lowest BCUT2D eigenvalue weighted by atomic mass is 10.1. The molecule has 1 aromatic carbocycles. The first-order valence-electron chi connectivity index (χ1n) is 12.0. The summed E-state index contributed by atoms with van der Waals surface area (Å²) in [6.45, 7) is 6.94. The number of nitrogens with zero attached hydrogens (tertiary/aromatic N) is 5. The molecule has 3 aromatic heterocycles.